The van der Waals surface area contributed by atoms with Crippen LogP contribution in [0.1, 0.15) is 47.0 Å². The van der Waals surface area contributed by atoms with E-state index >= 15 is 0 Å². The number of anilines is 1. The highest BCUT2D eigenvalue weighted by Gasteiger charge is 2.19. The second kappa shape index (κ2) is 8.95. The van der Waals surface area contributed by atoms with Crippen LogP contribution in [0.3, 0.4) is 0 Å². The number of benzene rings is 1. The summed E-state index contributed by atoms with van der Waals surface area (Å²) in [5.74, 6) is 1.22. The topological polar surface area (TPSA) is 111 Å². The van der Waals surface area contributed by atoms with Gasteiger partial charge in [0.15, 0.2) is 0 Å². The van der Waals surface area contributed by atoms with Crippen molar-refractivity contribution in [1.82, 2.24) is 0 Å². The first kappa shape index (κ1) is 19.5. The van der Waals surface area contributed by atoms with Crippen LogP contribution in [-0.4, -0.2) is 15.6 Å². The van der Waals surface area contributed by atoms with Crippen LogP contribution in [0.5, 0.6) is 0 Å². The van der Waals surface area contributed by atoms with Gasteiger partial charge in [0, 0.05) is 11.8 Å². The quantitative estimate of drug-likeness (QED) is 0.397. The van der Waals surface area contributed by atoms with E-state index in [1.54, 1.807) is 0 Å². The monoisotopic (exact) mass is 336 g/mol. The van der Waals surface area contributed by atoms with E-state index in [4.69, 9.17) is 0 Å². The van der Waals surface area contributed by atoms with Crippen LogP contribution in [0.2, 0.25) is 0 Å². The lowest BCUT2D eigenvalue weighted by molar-refractivity contribution is -0.393. The predicted octanol–water partition coefficient (Wildman–Crippen LogP) is 4.75. The predicted molar refractivity (Wildman–Crippen MR) is 94.3 cm³/mol. The van der Waals surface area contributed by atoms with E-state index in [1.807, 2.05) is 6.92 Å². The molecule has 0 radical (unpaired) electrons. The molecule has 0 saturated heterocycles. The van der Waals surface area contributed by atoms with E-state index < -0.39 is 9.85 Å². The normalized spacial score (nSPS) is 13.0. The van der Waals surface area contributed by atoms with Crippen molar-refractivity contribution in [2.24, 2.45) is 16.9 Å². The molecule has 1 aromatic rings. The van der Waals surface area contributed by atoms with Gasteiger partial charge in [-0.05, 0) is 37.7 Å². The standard InChI is InChI=1S/C16H24N4O4/c1-5-13(11(2)3)7-6-12(4)17-18-15-9-8-14(19(21)22)10-16(15)20(23)24/h8-11,13,18H,5-7H2,1-4H3/b17-12+/t13-/m0/s1. The molecule has 0 aromatic heterocycles. The Morgan fingerprint density at radius 2 is 1.92 bits per heavy atom. The Morgan fingerprint density at radius 1 is 1.25 bits per heavy atom. The molecule has 0 heterocycles. The molecule has 0 bridgehead atoms. The molecule has 0 fully saturated rings. The third-order valence-electron chi connectivity index (χ3n) is 4.10. The number of rotatable bonds is 9. The smallest absolute Gasteiger partial charge is 0.272 e. The van der Waals surface area contributed by atoms with Crippen LogP contribution in [0.15, 0.2) is 23.3 Å². The van der Waals surface area contributed by atoms with Gasteiger partial charge >= 0.3 is 5.69 Å². The first-order chi connectivity index (χ1) is 11.3. The molecule has 0 unspecified atom stereocenters. The van der Waals surface area contributed by atoms with Crippen molar-refractivity contribution in [2.75, 3.05) is 5.43 Å². The molecule has 1 aromatic carbocycles. The fourth-order valence-electron chi connectivity index (χ4n) is 2.49. The lowest BCUT2D eigenvalue weighted by atomic mass is 9.88. The number of nitro benzene ring substituents is 2. The van der Waals surface area contributed by atoms with Crippen LogP contribution in [0.4, 0.5) is 17.1 Å². The first-order valence-electron chi connectivity index (χ1n) is 7.98. The Balaban J connectivity index is 2.81. The van der Waals surface area contributed by atoms with Gasteiger partial charge in [0.05, 0.1) is 15.9 Å². The molecule has 8 nitrogen and oxygen atoms in total. The summed E-state index contributed by atoms with van der Waals surface area (Å²) in [6.07, 6.45) is 2.91. The number of hydrogen-bond donors (Lipinski definition) is 1. The second-order valence-corrected chi connectivity index (χ2v) is 6.13. The summed E-state index contributed by atoms with van der Waals surface area (Å²) in [6.45, 7) is 8.41. The molecule has 24 heavy (non-hydrogen) atoms. The van der Waals surface area contributed by atoms with Crippen LogP contribution >= 0.6 is 0 Å². The van der Waals surface area contributed by atoms with Crippen LogP contribution in [-0.2, 0) is 0 Å². The van der Waals surface area contributed by atoms with Crippen molar-refractivity contribution in [3.05, 3.63) is 38.4 Å². The number of hydrazone groups is 1. The van der Waals surface area contributed by atoms with Gasteiger partial charge in [-0.1, -0.05) is 27.2 Å². The largest absolute Gasteiger partial charge is 0.301 e. The number of nitrogens with zero attached hydrogens (tertiary/aromatic N) is 3. The maximum atomic E-state index is 11.1. The van der Waals surface area contributed by atoms with Crippen molar-refractivity contribution < 1.29 is 9.85 Å². The first-order valence-corrected chi connectivity index (χ1v) is 7.98. The molecule has 0 aliphatic carbocycles. The average Bonchev–Trinajstić information content (AvgIpc) is 2.52. The molecule has 1 N–H and O–H groups in total. The van der Waals surface area contributed by atoms with Gasteiger partial charge < -0.3 is 0 Å². The van der Waals surface area contributed by atoms with E-state index in [0.717, 1.165) is 31.0 Å². The summed E-state index contributed by atoms with van der Waals surface area (Å²) in [6, 6.07) is 3.45. The zero-order valence-electron chi connectivity index (χ0n) is 14.5. The third kappa shape index (κ3) is 5.60. The summed E-state index contributed by atoms with van der Waals surface area (Å²) >= 11 is 0. The molecular formula is C16H24N4O4. The summed E-state index contributed by atoms with van der Waals surface area (Å²) in [5.41, 5.74) is 2.94. The average molecular weight is 336 g/mol. The molecular weight excluding hydrogens is 312 g/mol. The Bertz CT molecular complexity index is 629. The lowest BCUT2D eigenvalue weighted by Gasteiger charge is -2.18. The van der Waals surface area contributed by atoms with Gasteiger partial charge in [-0.3, -0.25) is 25.7 Å². The van der Waals surface area contributed by atoms with Crippen molar-refractivity contribution >= 4 is 22.8 Å². The second-order valence-electron chi connectivity index (χ2n) is 6.13. The highest BCUT2D eigenvalue weighted by molar-refractivity contribution is 5.83. The van der Waals surface area contributed by atoms with Crippen molar-refractivity contribution in [3.8, 4) is 0 Å². The number of nitrogens with one attached hydrogen (secondary N) is 1. The molecule has 132 valence electrons. The zero-order valence-corrected chi connectivity index (χ0v) is 14.5. The molecule has 0 aliphatic rings. The van der Waals surface area contributed by atoms with Crippen LogP contribution in [0, 0.1) is 32.1 Å². The SMILES string of the molecule is CC[C@@H](CC/C(C)=N/Nc1ccc([N+](=O)[O-])cc1[N+](=O)[O-])C(C)C. The van der Waals surface area contributed by atoms with Gasteiger partial charge in [0.2, 0.25) is 0 Å². The minimum atomic E-state index is -0.665. The molecule has 1 atom stereocenters. The van der Waals surface area contributed by atoms with Crippen molar-refractivity contribution in [2.45, 2.75) is 47.0 Å². The molecule has 0 amide bonds. The molecule has 1 rings (SSSR count). The molecule has 0 saturated carbocycles. The van der Waals surface area contributed by atoms with E-state index in [1.165, 1.54) is 12.1 Å². The number of hydrogen-bond acceptors (Lipinski definition) is 6. The lowest BCUT2D eigenvalue weighted by Crippen LogP contribution is -2.10. The molecule has 0 aliphatic heterocycles. The minimum absolute atomic E-state index is 0.140. The van der Waals surface area contributed by atoms with Crippen molar-refractivity contribution in [1.29, 1.82) is 0 Å². The van der Waals surface area contributed by atoms with Crippen LogP contribution in [0.25, 0.3) is 0 Å². The van der Waals surface area contributed by atoms with E-state index in [-0.39, 0.29) is 17.1 Å². The van der Waals surface area contributed by atoms with Gasteiger partial charge in [-0.15, -0.1) is 0 Å². The Hall–Kier alpha value is -2.51. The minimum Gasteiger partial charge on any atom is -0.272 e. The Kier molecular flexibility index (Phi) is 7.29. The summed E-state index contributed by atoms with van der Waals surface area (Å²) in [4.78, 5) is 20.5. The number of non-ortho nitro benzene ring substituents is 1. The summed E-state index contributed by atoms with van der Waals surface area (Å²) < 4.78 is 0. The van der Waals surface area contributed by atoms with E-state index in [2.05, 4.69) is 31.3 Å². The van der Waals surface area contributed by atoms with Gasteiger partial charge in [-0.2, -0.15) is 5.10 Å². The maximum Gasteiger partial charge on any atom is 0.301 e. The molecule has 8 heteroatoms. The van der Waals surface area contributed by atoms with Crippen molar-refractivity contribution in [3.63, 3.8) is 0 Å². The fraction of sp³-hybridized carbons (Fsp3) is 0.562. The Morgan fingerprint density at radius 3 is 2.42 bits per heavy atom. The van der Waals surface area contributed by atoms with E-state index in [0.29, 0.717) is 11.8 Å². The third-order valence-corrected chi connectivity index (χ3v) is 4.10. The van der Waals surface area contributed by atoms with E-state index in [9.17, 15) is 20.2 Å². The van der Waals surface area contributed by atoms with Gasteiger partial charge in [-0.25, -0.2) is 0 Å². The Labute approximate surface area is 141 Å². The number of nitro groups is 2. The summed E-state index contributed by atoms with van der Waals surface area (Å²) in [7, 11) is 0. The van der Waals surface area contributed by atoms with Gasteiger partial charge in [0.1, 0.15) is 5.69 Å². The highest BCUT2D eigenvalue weighted by Crippen LogP contribution is 2.29. The maximum absolute atomic E-state index is 11.1. The molecule has 0 spiro atoms. The highest BCUT2D eigenvalue weighted by atomic mass is 16.6. The fourth-order valence-corrected chi connectivity index (χ4v) is 2.49. The van der Waals surface area contributed by atoms with Gasteiger partial charge in [0.25, 0.3) is 5.69 Å². The zero-order chi connectivity index (χ0) is 18.3. The summed E-state index contributed by atoms with van der Waals surface area (Å²) in [5, 5.41) is 26.0. The van der Waals surface area contributed by atoms with Crippen LogP contribution < -0.4 is 5.43 Å².